The molecule has 5 heteroatoms. The van der Waals surface area contributed by atoms with Crippen LogP contribution in [-0.2, 0) is 13.1 Å². The van der Waals surface area contributed by atoms with Crippen LogP contribution in [0.1, 0.15) is 12.2 Å². The van der Waals surface area contributed by atoms with Crippen molar-refractivity contribution in [3.63, 3.8) is 0 Å². The Bertz CT molecular complexity index is 841. The van der Waals surface area contributed by atoms with E-state index in [0.29, 0.717) is 6.54 Å². The molecule has 2 amide bonds. The van der Waals surface area contributed by atoms with E-state index in [1.807, 2.05) is 53.4 Å². The second-order valence-corrected chi connectivity index (χ2v) is 5.74. The summed E-state index contributed by atoms with van der Waals surface area (Å²) in [6, 6.07) is 17.6. The largest absolute Gasteiger partial charge is 0.326 e. The van der Waals surface area contributed by atoms with Gasteiger partial charge in [0.25, 0.3) is 0 Å². The zero-order chi connectivity index (χ0) is 15.6. The number of benzene rings is 2. The summed E-state index contributed by atoms with van der Waals surface area (Å²) in [5.74, 6) is 0.951. The van der Waals surface area contributed by atoms with Gasteiger partial charge in [-0.25, -0.2) is 9.78 Å². The van der Waals surface area contributed by atoms with Crippen molar-refractivity contribution in [1.82, 2.24) is 14.5 Å². The van der Waals surface area contributed by atoms with Crippen molar-refractivity contribution in [2.75, 3.05) is 11.9 Å². The van der Waals surface area contributed by atoms with Crippen LogP contribution >= 0.6 is 0 Å². The summed E-state index contributed by atoms with van der Waals surface area (Å²) in [5, 5.41) is 2.95. The molecule has 2 heterocycles. The first-order chi connectivity index (χ1) is 11.3. The highest BCUT2D eigenvalue weighted by Crippen LogP contribution is 2.21. The van der Waals surface area contributed by atoms with Gasteiger partial charge in [0, 0.05) is 18.8 Å². The summed E-state index contributed by atoms with van der Waals surface area (Å²) < 4.78 is 2.23. The molecule has 4 rings (SSSR count). The Morgan fingerprint density at radius 3 is 2.65 bits per heavy atom. The van der Waals surface area contributed by atoms with E-state index in [1.165, 1.54) is 0 Å². The highest BCUT2D eigenvalue weighted by Gasteiger charge is 2.21. The number of carbonyl (C=O) groups excluding carboxylic acids is 1. The lowest BCUT2D eigenvalue weighted by Gasteiger charge is -2.20. The zero-order valence-corrected chi connectivity index (χ0v) is 12.8. The lowest BCUT2D eigenvalue weighted by Crippen LogP contribution is -2.34. The number of carbonyl (C=O) groups is 1. The molecule has 23 heavy (non-hydrogen) atoms. The number of para-hydroxylation sites is 3. The van der Waals surface area contributed by atoms with Crippen LogP contribution in [-0.4, -0.2) is 27.0 Å². The molecule has 0 atom stereocenters. The predicted molar refractivity (Wildman–Crippen MR) is 90.2 cm³/mol. The lowest BCUT2D eigenvalue weighted by atomic mass is 10.3. The summed E-state index contributed by atoms with van der Waals surface area (Å²) in [6.07, 6.45) is 0.926. The zero-order valence-electron chi connectivity index (χ0n) is 12.8. The second kappa shape index (κ2) is 5.76. The van der Waals surface area contributed by atoms with Gasteiger partial charge in [-0.3, -0.25) is 0 Å². The average Bonchev–Trinajstić information content (AvgIpc) is 2.78. The number of anilines is 1. The molecule has 0 fully saturated rings. The highest BCUT2D eigenvalue weighted by molar-refractivity contribution is 5.89. The van der Waals surface area contributed by atoms with E-state index in [-0.39, 0.29) is 6.03 Å². The minimum atomic E-state index is -0.0725. The van der Waals surface area contributed by atoms with Gasteiger partial charge < -0.3 is 14.8 Å². The van der Waals surface area contributed by atoms with Crippen molar-refractivity contribution >= 4 is 22.8 Å². The van der Waals surface area contributed by atoms with E-state index in [0.717, 1.165) is 42.1 Å². The summed E-state index contributed by atoms with van der Waals surface area (Å²) in [4.78, 5) is 19.0. The lowest BCUT2D eigenvalue weighted by molar-refractivity contribution is 0.209. The average molecular weight is 306 g/mol. The molecule has 3 aromatic rings. The number of fused-ring (bicyclic) bond motifs is 3. The molecule has 116 valence electrons. The summed E-state index contributed by atoms with van der Waals surface area (Å²) in [6.45, 7) is 2.16. The SMILES string of the molecule is O=C(Nc1ccccc1)N1CCCn2c(nc3ccccc32)C1. The van der Waals surface area contributed by atoms with Gasteiger partial charge in [0.15, 0.2) is 0 Å². The normalized spacial score (nSPS) is 14.3. The molecule has 0 unspecified atom stereocenters. The first-order valence-electron chi connectivity index (χ1n) is 7.86. The molecule has 0 spiro atoms. The third-order valence-electron chi connectivity index (χ3n) is 4.19. The Kier molecular flexibility index (Phi) is 3.46. The topological polar surface area (TPSA) is 50.2 Å². The van der Waals surface area contributed by atoms with Gasteiger partial charge >= 0.3 is 6.03 Å². The number of nitrogens with one attached hydrogen (secondary N) is 1. The number of amides is 2. The van der Waals surface area contributed by atoms with Crippen molar-refractivity contribution in [3.05, 3.63) is 60.4 Å². The maximum atomic E-state index is 12.5. The monoisotopic (exact) mass is 306 g/mol. The van der Waals surface area contributed by atoms with E-state index < -0.39 is 0 Å². The van der Waals surface area contributed by atoms with Crippen LogP contribution in [0, 0.1) is 0 Å². The van der Waals surface area contributed by atoms with Gasteiger partial charge in [-0.1, -0.05) is 30.3 Å². The molecule has 0 saturated carbocycles. The molecule has 0 aliphatic carbocycles. The molecule has 2 aromatic carbocycles. The number of urea groups is 1. The Balaban J connectivity index is 1.58. The molecule has 1 aliphatic heterocycles. The third kappa shape index (κ3) is 2.65. The van der Waals surface area contributed by atoms with Crippen LogP contribution in [0.25, 0.3) is 11.0 Å². The van der Waals surface area contributed by atoms with E-state index in [2.05, 4.69) is 16.0 Å². The quantitative estimate of drug-likeness (QED) is 0.748. The van der Waals surface area contributed by atoms with Crippen LogP contribution in [0.4, 0.5) is 10.5 Å². The number of hydrogen-bond donors (Lipinski definition) is 1. The number of nitrogens with zero attached hydrogens (tertiary/aromatic N) is 3. The van der Waals surface area contributed by atoms with Gasteiger partial charge in [-0.15, -0.1) is 0 Å². The summed E-state index contributed by atoms with van der Waals surface area (Å²) >= 11 is 0. The smallest absolute Gasteiger partial charge is 0.322 e. The summed E-state index contributed by atoms with van der Waals surface area (Å²) in [7, 11) is 0. The Hall–Kier alpha value is -2.82. The Morgan fingerprint density at radius 1 is 1.00 bits per heavy atom. The first kappa shape index (κ1) is 13.8. The number of imidazole rings is 1. The molecule has 1 aromatic heterocycles. The Labute approximate surface area is 134 Å². The predicted octanol–water partition coefficient (Wildman–Crippen LogP) is 3.47. The van der Waals surface area contributed by atoms with Gasteiger partial charge in [0.1, 0.15) is 5.82 Å². The molecular formula is C18H18N4O. The van der Waals surface area contributed by atoms with Crippen LogP contribution in [0.2, 0.25) is 0 Å². The van der Waals surface area contributed by atoms with Gasteiger partial charge in [-0.05, 0) is 30.7 Å². The van der Waals surface area contributed by atoms with Gasteiger partial charge in [-0.2, -0.15) is 0 Å². The molecule has 1 N–H and O–H groups in total. The van der Waals surface area contributed by atoms with Crippen LogP contribution < -0.4 is 5.32 Å². The molecule has 0 radical (unpaired) electrons. The van der Waals surface area contributed by atoms with Crippen LogP contribution in [0.3, 0.4) is 0 Å². The van der Waals surface area contributed by atoms with E-state index in [9.17, 15) is 4.79 Å². The van der Waals surface area contributed by atoms with Crippen LogP contribution in [0.15, 0.2) is 54.6 Å². The molecule has 0 saturated heterocycles. The fraction of sp³-hybridized carbons (Fsp3) is 0.222. The van der Waals surface area contributed by atoms with Gasteiger partial charge in [0.2, 0.25) is 0 Å². The highest BCUT2D eigenvalue weighted by atomic mass is 16.2. The maximum Gasteiger partial charge on any atom is 0.322 e. The molecule has 0 bridgehead atoms. The van der Waals surface area contributed by atoms with Crippen LogP contribution in [0.5, 0.6) is 0 Å². The molecule has 5 nitrogen and oxygen atoms in total. The molecule has 1 aliphatic rings. The first-order valence-corrected chi connectivity index (χ1v) is 7.86. The number of aromatic nitrogens is 2. The fourth-order valence-electron chi connectivity index (χ4n) is 3.06. The van der Waals surface area contributed by atoms with Crippen molar-refractivity contribution in [1.29, 1.82) is 0 Å². The third-order valence-corrected chi connectivity index (χ3v) is 4.19. The van der Waals surface area contributed by atoms with Crippen molar-refractivity contribution in [3.8, 4) is 0 Å². The molecular weight excluding hydrogens is 288 g/mol. The van der Waals surface area contributed by atoms with Crippen molar-refractivity contribution in [2.24, 2.45) is 0 Å². The van der Waals surface area contributed by atoms with E-state index >= 15 is 0 Å². The summed E-state index contributed by atoms with van der Waals surface area (Å²) in [5.41, 5.74) is 2.95. The number of rotatable bonds is 1. The fourth-order valence-corrected chi connectivity index (χ4v) is 3.06. The van der Waals surface area contributed by atoms with Gasteiger partial charge in [0.05, 0.1) is 17.6 Å². The minimum Gasteiger partial charge on any atom is -0.326 e. The number of aryl methyl sites for hydroxylation is 1. The minimum absolute atomic E-state index is 0.0725. The van der Waals surface area contributed by atoms with E-state index in [4.69, 9.17) is 4.98 Å². The van der Waals surface area contributed by atoms with E-state index in [1.54, 1.807) is 0 Å². The number of hydrogen-bond acceptors (Lipinski definition) is 2. The van der Waals surface area contributed by atoms with Crippen molar-refractivity contribution in [2.45, 2.75) is 19.5 Å². The Morgan fingerprint density at radius 2 is 1.78 bits per heavy atom. The second-order valence-electron chi connectivity index (χ2n) is 5.74. The standard InChI is InChI=1S/C18H18N4O/c23-18(19-14-7-2-1-3-8-14)21-11-6-12-22-16-10-5-4-9-15(16)20-17(22)13-21/h1-5,7-10H,6,11-13H2,(H,19,23). The maximum absolute atomic E-state index is 12.5. The van der Waals surface area contributed by atoms with Crippen molar-refractivity contribution < 1.29 is 4.79 Å².